The second-order valence-electron chi connectivity index (χ2n) is 6.82. The van der Waals surface area contributed by atoms with Crippen molar-refractivity contribution in [2.45, 2.75) is 20.4 Å². The lowest BCUT2D eigenvalue weighted by molar-refractivity contribution is 0.458. The molecule has 0 bridgehead atoms. The van der Waals surface area contributed by atoms with Crippen molar-refractivity contribution in [1.29, 1.82) is 0 Å². The van der Waals surface area contributed by atoms with Gasteiger partial charge in [0.15, 0.2) is 5.96 Å². The zero-order valence-electron chi connectivity index (χ0n) is 17.1. The number of pyridine rings is 1. The molecule has 1 aliphatic heterocycles. The van der Waals surface area contributed by atoms with E-state index < -0.39 is 0 Å². The summed E-state index contributed by atoms with van der Waals surface area (Å²) in [6.07, 6.45) is 1.83. The minimum Gasteiger partial charge on any atom is -0.370 e. The lowest BCUT2D eigenvalue weighted by atomic mass is 10.2. The molecule has 29 heavy (non-hydrogen) atoms. The highest BCUT2D eigenvalue weighted by Gasteiger charge is 2.18. The minimum absolute atomic E-state index is 0. The van der Waals surface area contributed by atoms with E-state index in [-0.39, 0.29) is 29.8 Å². The number of hydrogen-bond donors (Lipinski definition) is 1. The molecule has 1 aromatic heterocycles. The molecule has 0 spiro atoms. The molecule has 1 aromatic carbocycles. The van der Waals surface area contributed by atoms with E-state index in [2.05, 4.69) is 39.7 Å². The summed E-state index contributed by atoms with van der Waals surface area (Å²) in [6.45, 7) is 9.90. The maximum absolute atomic E-state index is 13.1. The van der Waals surface area contributed by atoms with Crippen LogP contribution < -0.4 is 15.5 Å². The number of rotatable bonds is 6. The van der Waals surface area contributed by atoms with Gasteiger partial charge in [0, 0.05) is 51.2 Å². The Morgan fingerprint density at radius 2 is 1.69 bits per heavy atom. The van der Waals surface area contributed by atoms with Crippen molar-refractivity contribution in [3.8, 4) is 0 Å². The van der Waals surface area contributed by atoms with Crippen molar-refractivity contribution in [1.82, 2.24) is 9.88 Å². The largest absolute Gasteiger partial charge is 0.370 e. The minimum atomic E-state index is -0.201. The molecule has 1 fully saturated rings. The quantitative estimate of drug-likeness (QED) is 0.366. The van der Waals surface area contributed by atoms with Gasteiger partial charge >= 0.3 is 0 Å². The molecule has 0 saturated carbocycles. The lowest BCUT2D eigenvalue weighted by Crippen LogP contribution is -2.46. The normalized spacial score (nSPS) is 14.5. The Hall–Kier alpha value is -2.10. The molecule has 3 rings (SSSR count). The second-order valence-corrected chi connectivity index (χ2v) is 6.82. The lowest BCUT2D eigenvalue weighted by Gasteiger charge is -2.36. The van der Waals surface area contributed by atoms with E-state index in [1.165, 1.54) is 12.1 Å². The fourth-order valence-electron chi connectivity index (χ4n) is 3.40. The highest BCUT2D eigenvalue weighted by molar-refractivity contribution is 14.0. The van der Waals surface area contributed by atoms with E-state index in [9.17, 15) is 4.39 Å². The first kappa shape index (κ1) is 23.2. The third kappa shape index (κ3) is 6.19. The first-order valence-electron chi connectivity index (χ1n) is 9.86. The van der Waals surface area contributed by atoms with Gasteiger partial charge in [-0.25, -0.2) is 14.4 Å². The summed E-state index contributed by atoms with van der Waals surface area (Å²) in [5.41, 5.74) is 8.23. The Morgan fingerprint density at radius 1 is 1.07 bits per heavy atom. The number of aliphatic imine (C=N–C) groups is 1. The summed E-state index contributed by atoms with van der Waals surface area (Å²) in [4.78, 5) is 15.6. The van der Waals surface area contributed by atoms with Gasteiger partial charge in [0.1, 0.15) is 11.6 Å². The number of halogens is 2. The van der Waals surface area contributed by atoms with Crippen molar-refractivity contribution in [3.63, 3.8) is 0 Å². The molecule has 0 aliphatic carbocycles. The van der Waals surface area contributed by atoms with Gasteiger partial charge in [0.05, 0.1) is 6.54 Å². The van der Waals surface area contributed by atoms with E-state index in [1.807, 2.05) is 29.3 Å². The topological polar surface area (TPSA) is 61.0 Å². The van der Waals surface area contributed by atoms with Gasteiger partial charge in [0.25, 0.3) is 0 Å². The summed E-state index contributed by atoms with van der Waals surface area (Å²) < 4.78 is 13.1. The standard InChI is InChI=1S/C21H29FN6.HI/c1-3-26(4-2)21(23)25-16-17-9-10-24-20(15-17)28-13-11-27(12-14-28)19-7-5-18(22)6-8-19;/h5-10,15H,3-4,11-14,16H2,1-2H3,(H2,23,25);1H. The summed E-state index contributed by atoms with van der Waals surface area (Å²) in [7, 11) is 0. The van der Waals surface area contributed by atoms with E-state index in [0.29, 0.717) is 12.5 Å². The molecule has 1 saturated heterocycles. The molecule has 6 nitrogen and oxygen atoms in total. The van der Waals surface area contributed by atoms with Crippen molar-refractivity contribution < 1.29 is 4.39 Å². The van der Waals surface area contributed by atoms with E-state index in [1.54, 1.807) is 0 Å². The number of piperazine rings is 1. The number of nitrogens with zero attached hydrogens (tertiary/aromatic N) is 5. The van der Waals surface area contributed by atoms with Crippen LogP contribution in [0, 0.1) is 5.82 Å². The smallest absolute Gasteiger partial charge is 0.191 e. The number of benzene rings is 1. The SMILES string of the molecule is CCN(CC)C(N)=NCc1ccnc(N2CCN(c3ccc(F)cc3)CC2)c1.I. The van der Waals surface area contributed by atoms with Crippen LogP contribution in [0.15, 0.2) is 47.6 Å². The van der Waals surface area contributed by atoms with Crippen molar-refractivity contribution in [2.75, 3.05) is 49.1 Å². The number of nitrogens with two attached hydrogens (primary N) is 1. The zero-order chi connectivity index (χ0) is 19.9. The highest BCUT2D eigenvalue weighted by Crippen LogP contribution is 2.20. The van der Waals surface area contributed by atoms with Gasteiger partial charge < -0.3 is 20.4 Å². The van der Waals surface area contributed by atoms with Gasteiger partial charge in [-0.05, 0) is 55.8 Å². The van der Waals surface area contributed by atoms with Crippen molar-refractivity contribution >= 4 is 41.4 Å². The van der Waals surface area contributed by atoms with Crippen LogP contribution in [-0.4, -0.2) is 55.1 Å². The van der Waals surface area contributed by atoms with Gasteiger partial charge in [-0.15, -0.1) is 24.0 Å². The molecule has 0 atom stereocenters. The summed E-state index contributed by atoms with van der Waals surface area (Å²) in [5, 5.41) is 0. The van der Waals surface area contributed by atoms with Gasteiger partial charge in [-0.3, -0.25) is 0 Å². The molecule has 2 heterocycles. The van der Waals surface area contributed by atoms with Crippen LogP contribution in [0.3, 0.4) is 0 Å². The average Bonchev–Trinajstić information content (AvgIpc) is 2.74. The van der Waals surface area contributed by atoms with Gasteiger partial charge in [-0.2, -0.15) is 0 Å². The summed E-state index contributed by atoms with van der Waals surface area (Å²) in [6, 6.07) is 10.8. The predicted octanol–water partition coefficient (Wildman–Crippen LogP) is 3.32. The van der Waals surface area contributed by atoms with Crippen LogP contribution in [0.25, 0.3) is 0 Å². The van der Waals surface area contributed by atoms with Crippen molar-refractivity contribution in [3.05, 3.63) is 54.0 Å². The van der Waals surface area contributed by atoms with Crippen LogP contribution >= 0.6 is 24.0 Å². The average molecular weight is 512 g/mol. The van der Waals surface area contributed by atoms with Crippen LogP contribution in [0.2, 0.25) is 0 Å². The highest BCUT2D eigenvalue weighted by atomic mass is 127. The maximum atomic E-state index is 13.1. The maximum Gasteiger partial charge on any atom is 0.191 e. The second kappa shape index (κ2) is 11.2. The van der Waals surface area contributed by atoms with Gasteiger partial charge in [0.2, 0.25) is 0 Å². The molecule has 0 radical (unpaired) electrons. The Labute approximate surface area is 189 Å². The van der Waals surface area contributed by atoms with Crippen LogP contribution in [0.5, 0.6) is 0 Å². The Kier molecular flexibility index (Phi) is 8.94. The molecule has 0 unspecified atom stereocenters. The number of hydrogen-bond acceptors (Lipinski definition) is 4. The zero-order valence-corrected chi connectivity index (χ0v) is 19.4. The third-order valence-corrected chi connectivity index (χ3v) is 5.12. The van der Waals surface area contributed by atoms with Crippen molar-refractivity contribution in [2.24, 2.45) is 10.7 Å². The van der Waals surface area contributed by atoms with Crippen LogP contribution in [0.4, 0.5) is 15.9 Å². The molecule has 1 aliphatic rings. The summed E-state index contributed by atoms with van der Waals surface area (Å²) in [5.74, 6) is 1.34. The number of anilines is 2. The third-order valence-electron chi connectivity index (χ3n) is 5.12. The molecule has 158 valence electrons. The monoisotopic (exact) mass is 512 g/mol. The Bertz CT molecular complexity index is 786. The van der Waals surface area contributed by atoms with Gasteiger partial charge in [-0.1, -0.05) is 0 Å². The molecule has 8 heteroatoms. The molecular formula is C21H30FIN6. The van der Waals surface area contributed by atoms with E-state index in [0.717, 1.165) is 56.3 Å². The molecule has 0 amide bonds. The molecular weight excluding hydrogens is 482 g/mol. The summed E-state index contributed by atoms with van der Waals surface area (Å²) >= 11 is 0. The molecule has 2 N–H and O–H groups in total. The Balaban J connectivity index is 0.00000300. The fourth-order valence-corrected chi connectivity index (χ4v) is 3.40. The van der Waals surface area contributed by atoms with Crippen LogP contribution in [0.1, 0.15) is 19.4 Å². The first-order valence-corrected chi connectivity index (χ1v) is 9.86. The fraction of sp³-hybridized carbons (Fsp3) is 0.429. The molecule has 2 aromatic rings. The van der Waals surface area contributed by atoms with Crippen LogP contribution in [-0.2, 0) is 6.54 Å². The van der Waals surface area contributed by atoms with E-state index >= 15 is 0 Å². The predicted molar refractivity (Wildman–Crippen MR) is 129 cm³/mol. The number of aromatic nitrogens is 1. The Morgan fingerprint density at radius 3 is 2.31 bits per heavy atom. The number of guanidine groups is 1. The van der Waals surface area contributed by atoms with E-state index in [4.69, 9.17) is 5.73 Å². The first-order chi connectivity index (χ1) is 13.6.